The van der Waals surface area contributed by atoms with Crippen LogP contribution in [0.5, 0.6) is 11.5 Å². The fourth-order valence-corrected chi connectivity index (χ4v) is 17.3. The van der Waals surface area contributed by atoms with E-state index in [4.69, 9.17) is 257 Å². The number of hydrogen-bond acceptors (Lipinski definition) is 10. The minimum absolute atomic E-state index is 0.136. The van der Waals surface area contributed by atoms with Gasteiger partial charge in [-0.3, -0.25) is 18.9 Å². The number of nitrogens with zero attached hydrogens (tertiary/aromatic N) is 11. The molecule has 2 aromatic carbocycles. The third kappa shape index (κ3) is 26.3. The molecule has 463 valence electrons. The third-order valence-corrected chi connectivity index (χ3v) is 22.1. The fourth-order valence-electron chi connectivity index (χ4n) is 17.3. The van der Waals surface area contributed by atoms with E-state index in [1.807, 2.05) is 74.3 Å². The van der Waals surface area contributed by atoms with Crippen LogP contribution >= 0.6 is 0 Å². The van der Waals surface area contributed by atoms with Crippen molar-refractivity contribution in [3.63, 3.8) is 0 Å². The quantitative estimate of drug-likeness (QED) is 0.0372. The summed E-state index contributed by atoms with van der Waals surface area (Å²) in [6.07, 6.45) is -26.7. The lowest BCUT2D eigenvalue weighted by Crippen LogP contribution is -2.97. The zero-order valence-corrected chi connectivity index (χ0v) is 66.3. The Morgan fingerprint density at radius 1 is 0.431 bits per heavy atom. The molecule has 2 aliphatic rings. The average Bonchev–Trinajstić information content (AvgIpc) is 0.875. The van der Waals surface area contributed by atoms with Gasteiger partial charge in [0, 0.05) is 515 Å². The zero-order valence-electron chi connectivity index (χ0n) is 66.3. The molecule has 16 nitrogen and oxygen atoms in total. The van der Waals surface area contributed by atoms with Crippen LogP contribution in [-0.2, 0) is 20.1 Å². The minimum Gasteiger partial charge on any atom is -0.490 e. The Kier molecular flexibility index (Phi) is 42.4. The Hall–Kier alpha value is -2.49. The molecule has 116 heavy (non-hydrogen) atoms. The molecular weight excluding hydrogens is 1360 g/mol. The lowest BCUT2D eigenvalue weighted by Gasteiger charge is -2.59. The van der Waals surface area contributed by atoms with E-state index < -0.39 is 192 Å². The van der Waals surface area contributed by atoms with Crippen molar-refractivity contribution in [2.24, 2.45) is 7.05 Å². The highest BCUT2D eigenvalue weighted by molar-refractivity contribution is 8.38. The predicted molar refractivity (Wildman–Crippen MR) is 562 cm³/mol. The van der Waals surface area contributed by atoms with Crippen molar-refractivity contribution < 1.29 is 19.1 Å². The molecule has 0 fully saturated rings. The van der Waals surface area contributed by atoms with E-state index in [2.05, 4.69) is 34.7 Å². The number of amides is 2. The SMILES string of the molecule is CCN(C(=O)n1ccnc1)c1ccc2c(c1)N(Cc1cn(C)cn1)CCO2.CCN(C(=O)n1ccnc1)c1ccc2c(c1)N(Cc1cnc[nH]1)CCO2.[B][B]B([B])B(B([B])[B])B(B(B([B])[B])B([B])[B])B(B(B(B([B])[B])B([B])[B])B(B([B])[B])B([B])[B])B(B(B(B([B])[B])B([B])[B])B(B([B])[B])B([B])[B])B(B(B([B])[B])B([B])[B])B(B([B])[B])B([B])[B]. The standard InChI is InChI=1S/C19H22N6O2.C18H20N6O2.B63/c1-3-25(19(26)24-7-6-20-13-24)16-4-5-18-17(10-16)23(8-9-27-18)12-15-11-22(2)14-21-15;1-2-24(18(25)23-6-5-19-13-23)15-3-4-17-16(9-15)22(7-8-26-17)11-14-10-20-12-21-14;1-33-49(32)57(48(30)31)61(56(46(26)27)47(28)29)63(60(54(42(18)19)43(20)21)55(44(22)23)45(24)25)62(58(50(34(2)3)35(4)5)51(36(6)7)37(8)9)59(52(38(10)11)39(12)13)53(40(14)15)41(16)17/h4-7,10-11,13-14H,3,8-9,12H2,1-2H3;3-6,9-10,12-13H,2,7-8,11H2,1H3,(H,20,21);. The molecule has 8 rings (SSSR count). The number of aromatic amines is 1. The van der Waals surface area contributed by atoms with Gasteiger partial charge in [-0.2, -0.15) is 0 Å². The van der Waals surface area contributed by atoms with E-state index in [0.29, 0.717) is 39.4 Å². The van der Waals surface area contributed by atoms with E-state index in [0.717, 1.165) is 65.8 Å². The molecule has 0 spiro atoms. The van der Waals surface area contributed by atoms with Gasteiger partial charge in [0.2, 0.25) is 0 Å². The number of anilines is 4. The Balaban J connectivity index is 0.000000316. The van der Waals surface area contributed by atoms with Gasteiger partial charge in [-0.15, -0.1) is 0 Å². The summed E-state index contributed by atoms with van der Waals surface area (Å²) in [6.45, 7) is 9.23. The van der Waals surface area contributed by atoms with Crippen molar-refractivity contribution in [2.75, 3.05) is 59.0 Å². The van der Waals surface area contributed by atoms with Crippen LogP contribution in [-0.4, -0.2) is 536 Å². The van der Waals surface area contributed by atoms with Crippen molar-refractivity contribution >= 4 is 481 Å². The average molecular weight is 1400 g/mol. The van der Waals surface area contributed by atoms with E-state index in [1.165, 1.54) is 21.8 Å². The molecule has 65 radical (unpaired) electrons. The predicted octanol–water partition coefficient (Wildman–Crippen LogP) is -19.0. The van der Waals surface area contributed by atoms with Crippen molar-refractivity contribution in [3.8, 4) is 11.5 Å². The van der Waals surface area contributed by atoms with Gasteiger partial charge in [0.25, 0.3) is 0 Å². The summed E-state index contributed by atoms with van der Waals surface area (Å²) in [5, 5.41) is 0. The Labute approximate surface area is 747 Å². The first-order chi connectivity index (χ1) is 54.6. The number of nitrogens with one attached hydrogen (secondary N) is 1. The molecule has 0 bridgehead atoms. The Morgan fingerprint density at radius 3 is 1.00 bits per heavy atom. The molecule has 0 saturated heterocycles. The molecule has 0 aliphatic carbocycles. The van der Waals surface area contributed by atoms with Gasteiger partial charge in [-0.1, -0.05) is 0 Å². The second kappa shape index (κ2) is 48.1. The first-order valence-electron chi connectivity index (χ1n) is 38.2. The molecule has 0 atom stereocenters. The summed E-state index contributed by atoms with van der Waals surface area (Å²) in [5.74, 6) is 1.65. The number of carbonyl (C=O) groups is 2. The monoisotopic (exact) mass is 1410 g/mol. The Bertz CT molecular complexity index is 3680. The number of H-pyrrole nitrogens is 1. The molecule has 2 aliphatic heterocycles. The molecular formula is C37H42B63N12O4. The highest BCUT2D eigenvalue weighted by Gasteiger charge is 2.63. The summed E-state index contributed by atoms with van der Waals surface area (Å²) in [7, 11) is 216. The molecule has 6 aromatic rings. The van der Waals surface area contributed by atoms with E-state index >= 15 is 0 Å². The molecule has 2 amide bonds. The van der Waals surface area contributed by atoms with Crippen LogP contribution in [0.2, 0.25) is 0 Å². The highest BCUT2D eigenvalue weighted by atomic mass is 16.5. The molecule has 1 N–H and O–H groups in total. The largest absolute Gasteiger partial charge is 0.490 e. The number of fused-ring (bicyclic) bond motifs is 2. The summed E-state index contributed by atoms with van der Waals surface area (Å²) in [6, 6.07) is 11.4. The van der Waals surface area contributed by atoms with Crippen LogP contribution in [0, 0.1) is 0 Å². The lowest BCUT2D eigenvalue weighted by atomic mass is 8.22. The third-order valence-electron chi connectivity index (χ3n) is 22.1. The van der Waals surface area contributed by atoms with Gasteiger partial charge in [0.1, 0.15) is 37.4 Å². The van der Waals surface area contributed by atoms with Gasteiger partial charge in [0.05, 0.1) is 61.6 Å². The van der Waals surface area contributed by atoms with Crippen LogP contribution in [0.4, 0.5) is 32.3 Å². The molecule has 4 aromatic heterocycles. The topological polar surface area (TPSA) is 148 Å². The second-order valence-corrected chi connectivity index (χ2v) is 30.0. The van der Waals surface area contributed by atoms with Crippen LogP contribution in [0.3, 0.4) is 0 Å². The maximum Gasteiger partial charge on any atom is 0.333 e. The number of aromatic nitrogens is 8. The minimum atomic E-state index is -1.56. The number of benzene rings is 2. The lowest BCUT2D eigenvalue weighted by molar-refractivity contribution is 0.247. The van der Waals surface area contributed by atoms with Crippen molar-refractivity contribution in [1.82, 2.24) is 38.6 Å². The number of rotatable bonds is 38. The van der Waals surface area contributed by atoms with Crippen LogP contribution in [0.1, 0.15) is 25.2 Å². The summed E-state index contributed by atoms with van der Waals surface area (Å²) in [4.78, 5) is 53.0. The van der Waals surface area contributed by atoms with Crippen molar-refractivity contribution in [3.05, 3.63) is 110 Å². The number of hydrogen-bond donors (Lipinski definition) is 1. The van der Waals surface area contributed by atoms with E-state index in [9.17, 15) is 9.59 Å². The van der Waals surface area contributed by atoms with Crippen molar-refractivity contribution in [1.29, 1.82) is 0 Å². The molecule has 6 heterocycles. The van der Waals surface area contributed by atoms with Crippen LogP contribution in [0.25, 0.3) is 0 Å². The summed E-state index contributed by atoms with van der Waals surface area (Å²) < 4.78 is 16.5. The Morgan fingerprint density at radius 2 is 0.741 bits per heavy atom. The number of carbonyl (C=O) groups excluding carboxylic acids is 2. The second-order valence-electron chi connectivity index (χ2n) is 30.0. The van der Waals surface area contributed by atoms with Gasteiger partial charge < -0.3 is 28.8 Å². The molecule has 0 saturated carbocycles. The first kappa shape index (κ1) is 102. The fraction of sp³-hybridized carbons (Fsp3) is 0.297. The van der Waals surface area contributed by atoms with Gasteiger partial charge in [-0.05, 0) is 50.2 Å². The number of ether oxygens (including phenoxy) is 2. The highest BCUT2D eigenvalue weighted by Crippen LogP contribution is 2.38. The van der Waals surface area contributed by atoms with Crippen molar-refractivity contribution in [2.45, 2.75) is 26.9 Å². The summed E-state index contributed by atoms with van der Waals surface area (Å²) in [5.41, 5.74) is 5.63. The van der Waals surface area contributed by atoms with Gasteiger partial charge in [0.15, 0.2) is 0 Å². The van der Waals surface area contributed by atoms with Crippen LogP contribution in [0.15, 0.2) is 98.9 Å². The number of aryl methyl sites for hydroxylation is 1. The van der Waals surface area contributed by atoms with Gasteiger partial charge in [-0.25, -0.2) is 29.5 Å². The molecule has 0 unspecified atom stereocenters. The first-order valence-corrected chi connectivity index (χ1v) is 38.2. The smallest absolute Gasteiger partial charge is 0.333 e. The van der Waals surface area contributed by atoms with Crippen LogP contribution < -0.4 is 29.1 Å². The van der Waals surface area contributed by atoms with E-state index in [1.54, 1.807) is 47.2 Å². The maximum atomic E-state index is 12.8. The normalized spacial score (nSPS) is 11.3. The molecule has 79 heteroatoms. The maximum absolute atomic E-state index is 12.8. The number of imidazole rings is 4. The summed E-state index contributed by atoms with van der Waals surface area (Å²) >= 11 is 0. The zero-order chi connectivity index (χ0) is 86.8. The van der Waals surface area contributed by atoms with E-state index in [-0.39, 0.29) is 12.1 Å². The van der Waals surface area contributed by atoms with Gasteiger partial charge >= 0.3 is 12.1 Å².